The number of anilines is 1. The van der Waals surface area contributed by atoms with Gasteiger partial charge in [0.25, 0.3) is 11.6 Å². The van der Waals surface area contributed by atoms with Crippen LogP contribution in [0.1, 0.15) is 16.2 Å². The van der Waals surface area contributed by atoms with Gasteiger partial charge in [-0.3, -0.25) is 14.9 Å². The lowest BCUT2D eigenvalue weighted by Gasteiger charge is -2.10. The number of nitro groups is 1. The van der Waals surface area contributed by atoms with Crippen LogP contribution in [-0.2, 0) is 0 Å². The van der Waals surface area contributed by atoms with Crippen molar-refractivity contribution in [2.45, 2.75) is 6.92 Å². The molecule has 0 atom stereocenters. The normalized spacial score (nSPS) is 10.5. The highest BCUT2D eigenvalue weighted by Gasteiger charge is 2.10. The third-order valence-corrected chi connectivity index (χ3v) is 4.34. The van der Waals surface area contributed by atoms with Gasteiger partial charge in [0.2, 0.25) is 5.88 Å². The van der Waals surface area contributed by atoms with Crippen LogP contribution in [0.2, 0.25) is 0 Å². The lowest BCUT2D eigenvalue weighted by atomic mass is 10.2. The van der Waals surface area contributed by atoms with E-state index >= 15 is 0 Å². The summed E-state index contributed by atoms with van der Waals surface area (Å²) in [5, 5.41) is 13.5. The maximum absolute atomic E-state index is 12.3. The van der Waals surface area contributed by atoms with Crippen molar-refractivity contribution < 1.29 is 14.5 Å². The van der Waals surface area contributed by atoms with Gasteiger partial charge in [-0.25, -0.2) is 4.98 Å². The molecule has 9 nitrogen and oxygen atoms in total. The quantitative estimate of drug-likeness (QED) is 0.366. The average Bonchev–Trinajstić information content (AvgIpc) is 3.30. The molecule has 0 aliphatic heterocycles. The Labute approximate surface area is 177 Å². The van der Waals surface area contributed by atoms with Crippen molar-refractivity contribution in [3.8, 4) is 17.4 Å². The lowest BCUT2D eigenvalue weighted by Crippen LogP contribution is -2.11. The van der Waals surface area contributed by atoms with E-state index in [0.717, 1.165) is 0 Å². The van der Waals surface area contributed by atoms with E-state index in [9.17, 15) is 14.9 Å². The molecule has 31 heavy (non-hydrogen) atoms. The third kappa shape index (κ3) is 4.73. The van der Waals surface area contributed by atoms with E-state index in [4.69, 9.17) is 4.74 Å². The molecule has 0 fully saturated rings. The zero-order valence-electron chi connectivity index (χ0n) is 16.4. The molecule has 0 unspecified atom stereocenters. The Morgan fingerprint density at radius 3 is 2.35 bits per heavy atom. The second kappa shape index (κ2) is 8.46. The summed E-state index contributed by atoms with van der Waals surface area (Å²) in [6, 6.07) is 17.7. The Balaban J connectivity index is 1.44. The van der Waals surface area contributed by atoms with E-state index in [1.807, 2.05) is 29.1 Å². The molecule has 0 aliphatic carbocycles. The first-order valence-electron chi connectivity index (χ1n) is 9.31. The first-order chi connectivity index (χ1) is 15.0. The summed E-state index contributed by atoms with van der Waals surface area (Å²) < 4.78 is 7.70. The maximum Gasteiger partial charge on any atom is 0.269 e. The monoisotopic (exact) mass is 415 g/mol. The summed E-state index contributed by atoms with van der Waals surface area (Å²) >= 11 is 0. The molecule has 1 N–H and O–H groups in total. The van der Waals surface area contributed by atoms with Gasteiger partial charge in [0.05, 0.1) is 4.92 Å². The third-order valence-electron chi connectivity index (χ3n) is 4.34. The SMILES string of the molecule is Cc1nc(Oc2ccc(NC(=O)c3ccc([N+](=O)[O-])cc3)cc2)cc(-n2cccc2)n1. The van der Waals surface area contributed by atoms with Gasteiger partial charge in [-0.15, -0.1) is 0 Å². The van der Waals surface area contributed by atoms with Gasteiger partial charge in [-0.2, -0.15) is 4.98 Å². The molecule has 4 aromatic rings. The molecule has 0 saturated heterocycles. The van der Waals surface area contributed by atoms with Gasteiger partial charge >= 0.3 is 0 Å². The van der Waals surface area contributed by atoms with Gasteiger partial charge in [0, 0.05) is 41.8 Å². The first-order valence-corrected chi connectivity index (χ1v) is 9.31. The second-order valence-electron chi connectivity index (χ2n) is 6.59. The molecule has 0 saturated carbocycles. The molecular weight excluding hydrogens is 398 g/mol. The molecule has 154 valence electrons. The predicted molar refractivity (Wildman–Crippen MR) is 114 cm³/mol. The van der Waals surface area contributed by atoms with Crippen LogP contribution in [-0.4, -0.2) is 25.4 Å². The molecule has 4 rings (SSSR count). The predicted octanol–water partition coefficient (Wildman–Crippen LogP) is 4.53. The van der Waals surface area contributed by atoms with Gasteiger partial charge in [0.15, 0.2) is 0 Å². The summed E-state index contributed by atoms with van der Waals surface area (Å²) in [6.07, 6.45) is 3.77. The summed E-state index contributed by atoms with van der Waals surface area (Å²) in [7, 11) is 0. The van der Waals surface area contributed by atoms with E-state index < -0.39 is 4.92 Å². The van der Waals surface area contributed by atoms with Gasteiger partial charge in [0.1, 0.15) is 17.4 Å². The first kappa shape index (κ1) is 19.8. The smallest absolute Gasteiger partial charge is 0.269 e. The Hall–Kier alpha value is -4.53. The minimum atomic E-state index is -0.513. The van der Waals surface area contributed by atoms with Crippen LogP contribution in [0.3, 0.4) is 0 Å². The van der Waals surface area contributed by atoms with Crippen LogP contribution in [0.5, 0.6) is 11.6 Å². The number of ether oxygens (including phenoxy) is 1. The molecule has 0 bridgehead atoms. The Morgan fingerprint density at radius 1 is 1.03 bits per heavy atom. The fourth-order valence-electron chi connectivity index (χ4n) is 2.86. The highest BCUT2D eigenvalue weighted by Crippen LogP contribution is 2.23. The van der Waals surface area contributed by atoms with Crippen molar-refractivity contribution in [3.63, 3.8) is 0 Å². The van der Waals surface area contributed by atoms with Crippen molar-refractivity contribution in [3.05, 3.63) is 101 Å². The molecule has 9 heteroatoms. The van der Waals surface area contributed by atoms with Crippen LogP contribution in [0.4, 0.5) is 11.4 Å². The number of nitrogens with zero attached hydrogens (tertiary/aromatic N) is 4. The topological polar surface area (TPSA) is 112 Å². The van der Waals surface area contributed by atoms with E-state index in [1.54, 1.807) is 37.3 Å². The summed E-state index contributed by atoms with van der Waals surface area (Å²) in [4.78, 5) is 31.2. The molecule has 0 spiro atoms. The van der Waals surface area contributed by atoms with Gasteiger partial charge in [-0.05, 0) is 55.5 Å². The highest BCUT2D eigenvalue weighted by atomic mass is 16.6. The van der Waals surface area contributed by atoms with Crippen LogP contribution >= 0.6 is 0 Å². The number of aromatic nitrogens is 3. The number of hydrogen-bond donors (Lipinski definition) is 1. The number of amides is 1. The minimum Gasteiger partial charge on any atom is -0.439 e. The number of aryl methyl sites for hydroxylation is 1. The van der Waals surface area contributed by atoms with E-state index in [1.165, 1.54) is 24.3 Å². The van der Waals surface area contributed by atoms with Crippen LogP contribution < -0.4 is 10.1 Å². The number of nitro benzene ring substituents is 1. The molecule has 0 radical (unpaired) electrons. The fourth-order valence-corrected chi connectivity index (χ4v) is 2.86. The van der Waals surface area contributed by atoms with Crippen LogP contribution in [0.25, 0.3) is 5.82 Å². The van der Waals surface area contributed by atoms with Crippen LogP contribution in [0.15, 0.2) is 79.1 Å². The molecule has 2 aromatic heterocycles. The maximum atomic E-state index is 12.3. The van der Waals surface area contributed by atoms with Crippen LogP contribution in [0, 0.1) is 17.0 Å². The van der Waals surface area contributed by atoms with Crippen molar-refractivity contribution in [1.29, 1.82) is 0 Å². The molecule has 1 amide bonds. The van der Waals surface area contributed by atoms with E-state index in [2.05, 4.69) is 15.3 Å². The van der Waals surface area contributed by atoms with E-state index in [-0.39, 0.29) is 11.6 Å². The lowest BCUT2D eigenvalue weighted by molar-refractivity contribution is -0.384. The number of carbonyl (C=O) groups is 1. The number of benzene rings is 2. The molecular formula is C22H17N5O4. The minimum absolute atomic E-state index is 0.0713. The second-order valence-corrected chi connectivity index (χ2v) is 6.59. The molecule has 0 aliphatic rings. The summed E-state index contributed by atoms with van der Waals surface area (Å²) in [5.74, 6) is 1.85. The zero-order valence-corrected chi connectivity index (χ0v) is 16.4. The highest BCUT2D eigenvalue weighted by molar-refractivity contribution is 6.04. The number of non-ortho nitro benzene ring substituents is 1. The number of carbonyl (C=O) groups excluding carboxylic acids is 1. The van der Waals surface area contributed by atoms with Gasteiger partial charge in [-0.1, -0.05) is 0 Å². The summed E-state index contributed by atoms with van der Waals surface area (Å²) in [6.45, 7) is 1.79. The average molecular weight is 415 g/mol. The number of nitrogens with one attached hydrogen (secondary N) is 1. The molecule has 2 heterocycles. The van der Waals surface area contributed by atoms with Crippen molar-refractivity contribution in [1.82, 2.24) is 14.5 Å². The fraction of sp³-hybridized carbons (Fsp3) is 0.0455. The largest absolute Gasteiger partial charge is 0.439 e. The van der Waals surface area contributed by atoms with Crippen molar-refractivity contribution in [2.75, 3.05) is 5.32 Å². The molecule has 2 aromatic carbocycles. The Kier molecular flexibility index (Phi) is 5.39. The zero-order chi connectivity index (χ0) is 21.8. The number of rotatable bonds is 6. The standard InChI is InChI=1S/C22H17N5O4/c1-15-23-20(26-12-2-3-13-26)14-21(24-15)31-19-10-6-17(7-11-19)25-22(28)16-4-8-18(9-5-16)27(29)30/h2-14H,1H3,(H,25,28). The van der Waals surface area contributed by atoms with Crippen molar-refractivity contribution >= 4 is 17.3 Å². The Bertz CT molecular complexity index is 1220. The Morgan fingerprint density at radius 2 is 1.71 bits per heavy atom. The van der Waals surface area contributed by atoms with Crippen molar-refractivity contribution in [2.24, 2.45) is 0 Å². The number of hydrogen-bond acceptors (Lipinski definition) is 6. The van der Waals surface area contributed by atoms with E-state index in [0.29, 0.717) is 34.5 Å². The van der Waals surface area contributed by atoms with Gasteiger partial charge < -0.3 is 14.6 Å². The summed E-state index contributed by atoms with van der Waals surface area (Å²) in [5.41, 5.74) is 0.806.